The SMILES string of the molecule is Brc1cccc2c1ccn2CCNc1ccccc1. The second-order valence-electron chi connectivity index (χ2n) is 4.47. The molecule has 2 nitrogen and oxygen atoms in total. The number of nitrogens with one attached hydrogen (secondary N) is 1. The number of rotatable bonds is 4. The summed E-state index contributed by atoms with van der Waals surface area (Å²) in [5.74, 6) is 0. The summed E-state index contributed by atoms with van der Waals surface area (Å²) in [5, 5.41) is 4.70. The third-order valence-electron chi connectivity index (χ3n) is 3.22. The molecule has 0 aliphatic heterocycles. The predicted molar refractivity (Wildman–Crippen MR) is 84.6 cm³/mol. The first-order valence-corrected chi connectivity index (χ1v) is 7.16. The lowest BCUT2D eigenvalue weighted by molar-refractivity contribution is 0.757. The van der Waals surface area contributed by atoms with E-state index in [1.807, 2.05) is 18.2 Å². The van der Waals surface area contributed by atoms with Crippen LogP contribution in [0.4, 0.5) is 5.69 Å². The van der Waals surface area contributed by atoms with Gasteiger partial charge in [-0.1, -0.05) is 40.2 Å². The Labute approximate surface area is 121 Å². The van der Waals surface area contributed by atoms with E-state index in [9.17, 15) is 0 Å². The van der Waals surface area contributed by atoms with Crippen molar-refractivity contribution in [2.75, 3.05) is 11.9 Å². The van der Waals surface area contributed by atoms with Gasteiger partial charge in [-0.15, -0.1) is 0 Å². The molecule has 0 atom stereocenters. The molecule has 2 aromatic carbocycles. The van der Waals surface area contributed by atoms with Crippen LogP contribution in [0.1, 0.15) is 0 Å². The maximum atomic E-state index is 3.59. The minimum Gasteiger partial charge on any atom is -0.383 e. The number of para-hydroxylation sites is 1. The van der Waals surface area contributed by atoms with Crippen LogP contribution in [0.5, 0.6) is 0 Å². The average Bonchev–Trinajstić information content (AvgIpc) is 2.85. The van der Waals surface area contributed by atoms with Gasteiger partial charge in [0.2, 0.25) is 0 Å². The third-order valence-corrected chi connectivity index (χ3v) is 3.91. The van der Waals surface area contributed by atoms with Crippen molar-refractivity contribution in [2.24, 2.45) is 0 Å². The highest BCUT2D eigenvalue weighted by Gasteiger charge is 2.03. The van der Waals surface area contributed by atoms with Gasteiger partial charge >= 0.3 is 0 Å². The molecule has 0 saturated carbocycles. The van der Waals surface area contributed by atoms with Crippen LogP contribution in [-0.4, -0.2) is 11.1 Å². The fourth-order valence-corrected chi connectivity index (χ4v) is 2.75. The summed E-state index contributed by atoms with van der Waals surface area (Å²) in [7, 11) is 0. The maximum absolute atomic E-state index is 3.59. The zero-order chi connectivity index (χ0) is 13.1. The fraction of sp³-hybridized carbons (Fsp3) is 0.125. The Morgan fingerprint density at radius 3 is 2.63 bits per heavy atom. The van der Waals surface area contributed by atoms with Crippen LogP contribution in [0.15, 0.2) is 65.3 Å². The number of nitrogens with zero attached hydrogens (tertiary/aromatic N) is 1. The molecular formula is C16H15BrN2. The number of benzene rings is 2. The van der Waals surface area contributed by atoms with E-state index in [1.165, 1.54) is 16.6 Å². The molecule has 0 fully saturated rings. The minimum absolute atomic E-state index is 0.917. The average molecular weight is 315 g/mol. The van der Waals surface area contributed by atoms with Gasteiger partial charge in [-0.05, 0) is 30.3 Å². The van der Waals surface area contributed by atoms with E-state index in [1.54, 1.807) is 0 Å². The van der Waals surface area contributed by atoms with Gasteiger partial charge in [-0.3, -0.25) is 0 Å². The molecule has 3 aromatic rings. The van der Waals surface area contributed by atoms with Crippen LogP contribution in [0.25, 0.3) is 10.9 Å². The zero-order valence-electron chi connectivity index (χ0n) is 10.5. The lowest BCUT2D eigenvalue weighted by atomic mass is 10.2. The summed E-state index contributed by atoms with van der Waals surface area (Å²) in [6.07, 6.45) is 2.14. The van der Waals surface area contributed by atoms with Crippen molar-refractivity contribution in [3.8, 4) is 0 Å². The molecule has 0 amide bonds. The van der Waals surface area contributed by atoms with E-state index in [-0.39, 0.29) is 0 Å². The number of halogens is 1. The molecule has 0 unspecified atom stereocenters. The van der Waals surface area contributed by atoms with Crippen molar-refractivity contribution in [1.29, 1.82) is 0 Å². The number of aromatic nitrogens is 1. The summed E-state index contributed by atoms with van der Waals surface area (Å²) >= 11 is 3.59. The van der Waals surface area contributed by atoms with Gasteiger partial charge < -0.3 is 9.88 Å². The van der Waals surface area contributed by atoms with Gasteiger partial charge in [-0.25, -0.2) is 0 Å². The normalized spacial score (nSPS) is 10.8. The third kappa shape index (κ3) is 2.66. The van der Waals surface area contributed by atoms with Crippen molar-refractivity contribution in [1.82, 2.24) is 4.57 Å². The smallest absolute Gasteiger partial charge is 0.0492 e. The van der Waals surface area contributed by atoms with Crippen LogP contribution in [0.3, 0.4) is 0 Å². The van der Waals surface area contributed by atoms with Gasteiger partial charge in [-0.2, -0.15) is 0 Å². The van der Waals surface area contributed by atoms with E-state index in [0.29, 0.717) is 0 Å². The van der Waals surface area contributed by atoms with Crippen molar-refractivity contribution in [3.63, 3.8) is 0 Å². The topological polar surface area (TPSA) is 17.0 Å². The second kappa shape index (κ2) is 5.49. The number of hydrogen-bond donors (Lipinski definition) is 1. The van der Waals surface area contributed by atoms with E-state index < -0.39 is 0 Å². The zero-order valence-corrected chi connectivity index (χ0v) is 12.1. The van der Waals surface area contributed by atoms with Gasteiger partial charge in [0.15, 0.2) is 0 Å². The highest BCUT2D eigenvalue weighted by molar-refractivity contribution is 9.10. The molecule has 3 heteroatoms. The van der Waals surface area contributed by atoms with Crippen LogP contribution < -0.4 is 5.32 Å². The van der Waals surface area contributed by atoms with E-state index in [0.717, 1.165) is 17.6 Å². The van der Waals surface area contributed by atoms with E-state index in [4.69, 9.17) is 0 Å². The molecule has 1 aromatic heterocycles. The van der Waals surface area contributed by atoms with Crippen LogP contribution in [-0.2, 0) is 6.54 Å². The molecule has 0 saturated heterocycles. The Balaban J connectivity index is 1.71. The summed E-state index contributed by atoms with van der Waals surface area (Å²) in [6, 6.07) is 18.8. The Bertz CT molecular complexity index is 674. The number of hydrogen-bond acceptors (Lipinski definition) is 1. The molecule has 1 N–H and O–H groups in total. The van der Waals surface area contributed by atoms with Crippen LogP contribution in [0, 0.1) is 0 Å². The van der Waals surface area contributed by atoms with Crippen molar-refractivity contribution in [3.05, 3.63) is 65.3 Å². The van der Waals surface area contributed by atoms with Gasteiger partial charge in [0, 0.05) is 40.3 Å². The number of fused-ring (bicyclic) bond motifs is 1. The van der Waals surface area contributed by atoms with Gasteiger partial charge in [0.25, 0.3) is 0 Å². The molecule has 1 heterocycles. The van der Waals surface area contributed by atoms with Crippen molar-refractivity contribution < 1.29 is 0 Å². The van der Waals surface area contributed by atoms with Gasteiger partial charge in [0.1, 0.15) is 0 Å². The standard InChI is InChI=1S/C16H15BrN2/c17-15-7-4-8-16-14(15)9-11-19(16)12-10-18-13-5-2-1-3-6-13/h1-9,11,18H,10,12H2. The Morgan fingerprint density at radius 1 is 0.947 bits per heavy atom. The first-order valence-electron chi connectivity index (χ1n) is 6.37. The Morgan fingerprint density at radius 2 is 1.79 bits per heavy atom. The molecular weight excluding hydrogens is 300 g/mol. The van der Waals surface area contributed by atoms with E-state index in [2.05, 4.69) is 68.4 Å². The summed E-state index contributed by atoms with van der Waals surface area (Å²) in [6.45, 7) is 1.87. The summed E-state index contributed by atoms with van der Waals surface area (Å²) in [5.41, 5.74) is 2.43. The molecule has 19 heavy (non-hydrogen) atoms. The van der Waals surface area contributed by atoms with E-state index >= 15 is 0 Å². The van der Waals surface area contributed by atoms with Crippen LogP contribution >= 0.6 is 15.9 Å². The first kappa shape index (κ1) is 12.3. The minimum atomic E-state index is 0.917. The van der Waals surface area contributed by atoms with Gasteiger partial charge in [0.05, 0.1) is 0 Å². The molecule has 0 aliphatic rings. The maximum Gasteiger partial charge on any atom is 0.0492 e. The largest absolute Gasteiger partial charge is 0.383 e. The molecule has 0 spiro atoms. The molecule has 0 radical (unpaired) electrons. The number of anilines is 1. The Kier molecular flexibility index (Phi) is 3.56. The summed E-state index contributed by atoms with van der Waals surface area (Å²) < 4.78 is 3.43. The highest BCUT2D eigenvalue weighted by atomic mass is 79.9. The molecule has 0 bridgehead atoms. The molecule has 3 rings (SSSR count). The van der Waals surface area contributed by atoms with Crippen LogP contribution in [0.2, 0.25) is 0 Å². The van der Waals surface area contributed by atoms with Crippen molar-refractivity contribution >= 4 is 32.5 Å². The fourth-order valence-electron chi connectivity index (χ4n) is 2.26. The molecule has 96 valence electrons. The lowest BCUT2D eigenvalue weighted by Gasteiger charge is -2.08. The molecule has 0 aliphatic carbocycles. The monoisotopic (exact) mass is 314 g/mol. The lowest BCUT2D eigenvalue weighted by Crippen LogP contribution is -2.09. The Hall–Kier alpha value is -1.74. The first-order chi connectivity index (χ1) is 9.34. The quantitative estimate of drug-likeness (QED) is 0.749. The highest BCUT2D eigenvalue weighted by Crippen LogP contribution is 2.24. The second-order valence-corrected chi connectivity index (χ2v) is 5.33. The predicted octanol–water partition coefficient (Wildman–Crippen LogP) is 4.52. The van der Waals surface area contributed by atoms with Crippen molar-refractivity contribution in [2.45, 2.75) is 6.54 Å². The summed E-state index contributed by atoms with van der Waals surface area (Å²) in [4.78, 5) is 0.